The maximum atomic E-state index is 11.4. The fraction of sp³-hybridized carbons (Fsp3) is 0.235. The summed E-state index contributed by atoms with van der Waals surface area (Å²) in [7, 11) is 1.35. The van der Waals surface area contributed by atoms with Crippen molar-refractivity contribution in [3.8, 4) is 17.2 Å². The van der Waals surface area contributed by atoms with E-state index >= 15 is 0 Å². The van der Waals surface area contributed by atoms with Crippen LogP contribution in [0.1, 0.15) is 24.8 Å². The Kier molecular flexibility index (Phi) is 4.82. The van der Waals surface area contributed by atoms with Gasteiger partial charge in [-0.05, 0) is 24.6 Å². The molecular formula is C17H18O4. The molecule has 0 fully saturated rings. The molecule has 110 valence electrons. The molecule has 4 heteroatoms. The normalized spacial score (nSPS) is 12.1. The van der Waals surface area contributed by atoms with Crippen molar-refractivity contribution in [2.24, 2.45) is 0 Å². The van der Waals surface area contributed by atoms with Gasteiger partial charge in [-0.15, -0.1) is 0 Å². The number of hydrogen-bond acceptors (Lipinski definition) is 4. The van der Waals surface area contributed by atoms with Crippen molar-refractivity contribution >= 4 is 5.97 Å². The highest BCUT2D eigenvalue weighted by Gasteiger charge is 2.21. The molecule has 0 bridgehead atoms. The number of phenolic OH excluding ortho intramolecular Hbond substituents is 1. The number of fused-ring (bicyclic) bond motifs is 1. The van der Waals surface area contributed by atoms with Gasteiger partial charge in [0.05, 0.1) is 13.0 Å². The summed E-state index contributed by atoms with van der Waals surface area (Å²) in [6.07, 6.45) is 0.615. The third-order valence-corrected chi connectivity index (χ3v) is 3.23. The van der Waals surface area contributed by atoms with Gasteiger partial charge in [-0.1, -0.05) is 37.3 Å². The highest BCUT2D eigenvalue weighted by molar-refractivity contribution is 5.78. The zero-order chi connectivity index (χ0) is 15.2. The van der Waals surface area contributed by atoms with E-state index in [2.05, 4.69) is 4.74 Å². The largest absolute Gasteiger partial charge is 0.508 e. The molecule has 2 aromatic rings. The number of carbonyl (C=O) groups is 1. The molecule has 3 rings (SSSR count). The second-order valence-corrected chi connectivity index (χ2v) is 4.59. The number of methoxy groups -OCH3 is 1. The topological polar surface area (TPSA) is 59.1 Å². The van der Waals surface area contributed by atoms with Crippen LogP contribution in [0.2, 0.25) is 0 Å². The molecule has 0 saturated heterocycles. The molecule has 1 aliphatic rings. The summed E-state index contributed by atoms with van der Waals surface area (Å²) in [6, 6.07) is 14.7. The van der Waals surface area contributed by atoms with Crippen LogP contribution < -0.4 is 4.74 Å². The number of ether oxygens (including phenoxy) is 2. The zero-order valence-electron chi connectivity index (χ0n) is 12.1. The molecule has 21 heavy (non-hydrogen) atoms. The number of rotatable bonds is 3. The lowest BCUT2D eigenvalue weighted by atomic mass is 9.96. The molecule has 1 heterocycles. The standard InChI is InChI=1S/C11H14O3.C6H4O/c1-3-8(11(13)14-2)9-6-4-5-7-10(9)12;1-2-4-6-5(3-1)7-6/h4-8,12H,3H2,1-2H3;1-4H. The molecule has 0 saturated carbocycles. The molecule has 1 unspecified atom stereocenters. The number of esters is 1. The van der Waals surface area contributed by atoms with Gasteiger partial charge in [0.2, 0.25) is 0 Å². The predicted octanol–water partition coefficient (Wildman–Crippen LogP) is 3.85. The Balaban J connectivity index is 0.000000189. The van der Waals surface area contributed by atoms with E-state index < -0.39 is 0 Å². The third-order valence-electron chi connectivity index (χ3n) is 3.23. The van der Waals surface area contributed by atoms with E-state index in [0.29, 0.717) is 12.0 Å². The summed E-state index contributed by atoms with van der Waals surface area (Å²) in [5.74, 6) is 1.52. The van der Waals surface area contributed by atoms with Crippen LogP contribution in [0, 0.1) is 0 Å². The lowest BCUT2D eigenvalue weighted by molar-refractivity contribution is -0.142. The van der Waals surface area contributed by atoms with Crippen molar-refractivity contribution in [3.05, 3.63) is 54.1 Å². The fourth-order valence-corrected chi connectivity index (χ4v) is 2.05. The SMILES string of the molecule is CCC(C(=O)OC)c1ccccc1O.c1ccc2c(c1)O2. The van der Waals surface area contributed by atoms with Gasteiger partial charge in [-0.2, -0.15) is 0 Å². The maximum Gasteiger partial charge on any atom is 0.313 e. The average molecular weight is 286 g/mol. The van der Waals surface area contributed by atoms with Gasteiger partial charge in [-0.3, -0.25) is 4.79 Å². The zero-order valence-corrected chi connectivity index (χ0v) is 12.1. The highest BCUT2D eigenvalue weighted by atomic mass is 16.6. The van der Waals surface area contributed by atoms with Crippen LogP contribution >= 0.6 is 0 Å². The molecule has 1 aliphatic heterocycles. The Morgan fingerprint density at radius 3 is 2.19 bits per heavy atom. The monoisotopic (exact) mass is 286 g/mol. The first-order valence-corrected chi connectivity index (χ1v) is 6.80. The highest BCUT2D eigenvalue weighted by Crippen LogP contribution is 2.43. The molecule has 0 amide bonds. The number of para-hydroxylation sites is 3. The predicted molar refractivity (Wildman–Crippen MR) is 79.7 cm³/mol. The van der Waals surface area contributed by atoms with Gasteiger partial charge in [0.1, 0.15) is 5.75 Å². The van der Waals surface area contributed by atoms with Crippen molar-refractivity contribution in [1.82, 2.24) is 0 Å². The van der Waals surface area contributed by atoms with Crippen LogP contribution in [-0.2, 0) is 9.53 Å². The first-order chi connectivity index (χ1) is 10.2. The fourth-order valence-electron chi connectivity index (χ4n) is 2.05. The van der Waals surface area contributed by atoms with E-state index in [4.69, 9.17) is 4.74 Å². The second-order valence-electron chi connectivity index (χ2n) is 4.59. The number of carbonyl (C=O) groups excluding carboxylic acids is 1. The summed E-state index contributed by atoms with van der Waals surface area (Å²) < 4.78 is 9.60. The lowest BCUT2D eigenvalue weighted by Crippen LogP contribution is -2.13. The first kappa shape index (κ1) is 14.9. The summed E-state index contributed by atoms with van der Waals surface area (Å²) in [5, 5.41) is 9.55. The molecule has 0 spiro atoms. The Morgan fingerprint density at radius 2 is 1.71 bits per heavy atom. The van der Waals surface area contributed by atoms with Crippen molar-refractivity contribution in [2.45, 2.75) is 19.3 Å². The van der Waals surface area contributed by atoms with Crippen LogP contribution in [-0.4, -0.2) is 18.2 Å². The molecule has 1 N–H and O–H groups in total. The Morgan fingerprint density at radius 1 is 1.14 bits per heavy atom. The molecule has 0 aromatic heterocycles. The van der Waals surface area contributed by atoms with Gasteiger partial charge in [0.25, 0.3) is 0 Å². The van der Waals surface area contributed by atoms with Crippen molar-refractivity contribution < 1.29 is 19.4 Å². The van der Waals surface area contributed by atoms with E-state index in [9.17, 15) is 9.90 Å². The van der Waals surface area contributed by atoms with Crippen LogP contribution in [0.5, 0.6) is 17.2 Å². The summed E-state index contributed by atoms with van der Waals surface area (Å²) in [5.41, 5.74) is 0.627. The van der Waals surface area contributed by atoms with Crippen molar-refractivity contribution in [1.29, 1.82) is 0 Å². The number of hydrogen-bond donors (Lipinski definition) is 1. The van der Waals surface area contributed by atoms with Gasteiger partial charge in [0.15, 0.2) is 11.5 Å². The van der Waals surface area contributed by atoms with Gasteiger partial charge in [0, 0.05) is 5.56 Å². The van der Waals surface area contributed by atoms with Crippen molar-refractivity contribution in [2.75, 3.05) is 7.11 Å². The molecule has 0 aliphatic carbocycles. The summed E-state index contributed by atoms with van der Waals surface area (Å²) in [4.78, 5) is 11.4. The van der Waals surface area contributed by atoms with Crippen LogP contribution in [0.15, 0.2) is 48.5 Å². The first-order valence-electron chi connectivity index (χ1n) is 6.80. The summed E-state index contributed by atoms with van der Waals surface area (Å²) >= 11 is 0. The Labute approximate surface area is 123 Å². The average Bonchev–Trinajstić information content (AvgIpc) is 3.29. The quantitative estimate of drug-likeness (QED) is 0.587. The molecule has 2 aromatic carbocycles. The lowest BCUT2D eigenvalue weighted by Gasteiger charge is -2.13. The Hall–Kier alpha value is -2.49. The minimum Gasteiger partial charge on any atom is -0.508 e. The van der Waals surface area contributed by atoms with E-state index in [1.54, 1.807) is 24.3 Å². The van der Waals surface area contributed by atoms with E-state index in [0.717, 1.165) is 11.5 Å². The van der Waals surface area contributed by atoms with Crippen LogP contribution in [0.4, 0.5) is 0 Å². The Bertz CT molecular complexity index is 601. The van der Waals surface area contributed by atoms with Gasteiger partial charge < -0.3 is 14.6 Å². The molecule has 4 nitrogen and oxygen atoms in total. The molecule has 0 radical (unpaired) electrons. The molecule has 1 atom stereocenters. The van der Waals surface area contributed by atoms with E-state index in [-0.39, 0.29) is 17.6 Å². The minimum atomic E-state index is -0.374. The maximum absolute atomic E-state index is 11.4. The van der Waals surface area contributed by atoms with Crippen molar-refractivity contribution in [3.63, 3.8) is 0 Å². The van der Waals surface area contributed by atoms with Crippen LogP contribution in [0.3, 0.4) is 0 Å². The molecular weight excluding hydrogens is 268 g/mol. The van der Waals surface area contributed by atoms with E-state index in [1.807, 2.05) is 31.2 Å². The van der Waals surface area contributed by atoms with Gasteiger partial charge in [-0.25, -0.2) is 0 Å². The number of benzene rings is 2. The number of phenols is 1. The third kappa shape index (κ3) is 3.75. The second kappa shape index (κ2) is 6.79. The summed E-state index contributed by atoms with van der Waals surface area (Å²) in [6.45, 7) is 1.88. The minimum absolute atomic E-state index is 0.143. The van der Waals surface area contributed by atoms with Gasteiger partial charge >= 0.3 is 5.97 Å². The van der Waals surface area contributed by atoms with E-state index in [1.165, 1.54) is 7.11 Å². The number of aromatic hydroxyl groups is 1. The smallest absolute Gasteiger partial charge is 0.313 e. The van der Waals surface area contributed by atoms with Crippen LogP contribution in [0.25, 0.3) is 0 Å².